The fourth-order valence-corrected chi connectivity index (χ4v) is 5.95. The first kappa shape index (κ1) is 20.6. The van der Waals surface area contributed by atoms with Crippen molar-refractivity contribution in [1.82, 2.24) is 0 Å². The number of methoxy groups -OCH3 is 1. The van der Waals surface area contributed by atoms with E-state index in [0.29, 0.717) is 5.92 Å². The lowest BCUT2D eigenvalue weighted by Crippen LogP contribution is -2.48. The molecule has 0 unspecified atom stereocenters. The van der Waals surface area contributed by atoms with Gasteiger partial charge in [0.25, 0.3) is 6.23 Å². The maximum atomic E-state index is 11.5. The Morgan fingerprint density at radius 2 is 1.70 bits per heavy atom. The SMILES string of the molecule is CO[C@H]1c2cc(CC(C)C)cc3c2-c2c4c(cc(C)cc4cc[n+]2[C@H]1O)-c1ccc(C)cc1-3. The minimum Gasteiger partial charge on any atom is -0.367 e. The molecule has 3 aromatic carbocycles. The van der Waals surface area contributed by atoms with Crippen molar-refractivity contribution in [3.8, 4) is 33.5 Å². The summed E-state index contributed by atoms with van der Waals surface area (Å²) in [6, 6.07) is 18.1. The van der Waals surface area contributed by atoms with Crippen LogP contribution < -0.4 is 4.57 Å². The largest absolute Gasteiger partial charge is 0.367 e. The van der Waals surface area contributed by atoms with Crippen LogP contribution in [0.1, 0.15) is 48.4 Å². The lowest BCUT2D eigenvalue weighted by Gasteiger charge is -2.29. The Bertz CT molecular complexity index is 1450. The number of nitrogens with zero attached hydrogens (tertiary/aromatic N) is 1. The Hall–Kier alpha value is -3.01. The van der Waals surface area contributed by atoms with Gasteiger partial charge in [-0.3, -0.25) is 0 Å². The Morgan fingerprint density at radius 3 is 2.45 bits per heavy atom. The highest BCUT2D eigenvalue weighted by Gasteiger charge is 2.43. The van der Waals surface area contributed by atoms with Gasteiger partial charge in [-0.15, -0.1) is 0 Å². The molecule has 2 aliphatic rings. The van der Waals surface area contributed by atoms with E-state index < -0.39 is 12.3 Å². The molecule has 1 N–H and O–H groups in total. The van der Waals surface area contributed by atoms with Crippen LogP contribution in [0.3, 0.4) is 0 Å². The highest BCUT2D eigenvalue weighted by atomic mass is 16.5. The average molecular weight is 437 g/mol. The Balaban J connectivity index is 1.86. The van der Waals surface area contributed by atoms with Crippen LogP contribution in [-0.4, -0.2) is 12.2 Å². The van der Waals surface area contributed by atoms with Crippen LogP contribution in [0.25, 0.3) is 44.3 Å². The maximum Gasteiger partial charge on any atom is 0.291 e. The van der Waals surface area contributed by atoms with Crippen LogP contribution in [0.4, 0.5) is 0 Å². The number of rotatable bonds is 3. The summed E-state index contributed by atoms with van der Waals surface area (Å²) in [5.41, 5.74) is 12.2. The number of fused-ring (bicyclic) bond motifs is 3. The molecule has 4 aromatic rings. The van der Waals surface area contributed by atoms with Crippen molar-refractivity contribution in [3.05, 3.63) is 77.0 Å². The fourth-order valence-electron chi connectivity index (χ4n) is 5.95. The van der Waals surface area contributed by atoms with E-state index in [9.17, 15) is 5.11 Å². The summed E-state index contributed by atoms with van der Waals surface area (Å²) in [6.45, 7) is 8.84. The molecule has 1 aliphatic carbocycles. The third kappa shape index (κ3) is 2.92. The third-order valence-corrected chi connectivity index (χ3v) is 7.20. The monoisotopic (exact) mass is 436 g/mol. The van der Waals surface area contributed by atoms with Gasteiger partial charge in [-0.2, -0.15) is 4.57 Å². The summed E-state index contributed by atoms with van der Waals surface area (Å²) >= 11 is 0. The zero-order valence-electron chi connectivity index (χ0n) is 19.9. The molecule has 0 fully saturated rings. The molecule has 3 heteroatoms. The summed E-state index contributed by atoms with van der Waals surface area (Å²) in [7, 11) is 1.70. The van der Waals surface area contributed by atoms with E-state index in [4.69, 9.17) is 4.74 Å². The molecule has 0 radical (unpaired) electrons. The average Bonchev–Trinajstić information content (AvgIpc) is 2.88. The Labute approximate surface area is 195 Å². The second kappa shape index (κ2) is 7.24. The maximum absolute atomic E-state index is 11.5. The molecular weight excluding hydrogens is 406 g/mol. The van der Waals surface area contributed by atoms with Crippen LogP contribution >= 0.6 is 0 Å². The topological polar surface area (TPSA) is 33.3 Å². The summed E-state index contributed by atoms with van der Waals surface area (Å²) in [4.78, 5) is 0. The van der Waals surface area contributed by atoms with Gasteiger partial charge in [0.05, 0.1) is 10.9 Å². The molecule has 0 saturated carbocycles. The second-order valence-electron chi connectivity index (χ2n) is 10.2. The highest BCUT2D eigenvalue weighted by Crippen LogP contribution is 2.52. The van der Waals surface area contributed by atoms with Crippen molar-refractivity contribution in [2.24, 2.45) is 5.92 Å². The number of pyridine rings is 1. The van der Waals surface area contributed by atoms with Gasteiger partial charge in [0.1, 0.15) is 0 Å². The summed E-state index contributed by atoms with van der Waals surface area (Å²) < 4.78 is 7.95. The Kier molecular flexibility index (Phi) is 4.52. The Morgan fingerprint density at radius 1 is 0.909 bits per heavy atom. The first-order valence-electron chi connectivity index (χ1n) is 11.9. The molecule has 33 heavy (non-hydrogen) atoms. The number of aryl methyl sites for hydroxylation is 2. The van der Waals surface area contributed by atoms with Gasteiger partial charge in [-0.05, 0) is 65.0 Å². The summed E-state index contributed by atoms with van der Waals surface area (Å²) in [6.07, 6.45) is 1.82. The third-order valence-electron chi connectivity index (χ3n) is 7.20. The van der Waals surface area contributed by atoms with Crippen LogP contribution in [0, 0.1) is 19.8 Å². The first-order valence-corrected chi connectivity index (χ1v) is 11.9. The van der Waals surface area contributed by atoms with Crippen molar-refractivity contribution in [1.29, 1.82) is 0 Å². The predicted octanol–water partition coefficient (Wildman–Crippen LogP) is 6.45. The zero-order valence-corrected chi connectivity index (χ0v) is 19.9. The van der Waals surface area contributed by atoms with E-state index >= 15 is 0 Å². The zero-order chi connectivity index (χ0) is 23.0. The van der Waals surface area contributed by atoms with Crippen molar-refractivity contribution in [3.63, 3.8) is 0 Å². The number of hydrogen-bond donors (Lipinski definition) is 1. The molecule has 0 amide bonds. The number of aliphatic hydroxyl groups is 1. The molecule has 0 bridgehead atoms. The molecule has 1 aliphatic heterocycles. The number of ether oxygens (including phenoxy) is 1. The van der Waals surface area contributed by atoms with E-state index in [1.165, 1.54) is 55.3 Å². The quantitative estimate of drug-likeness (QED) is 0.330. The van der Waals surface area contributed by atoms with E-state index in [-0.39, 0.29) is 0 Å². The van der Waals surface area contributed by atoms with Crippen molar-refractivity contribution < 1.29 is 14.4 Å². The molecule has 166 valence electrons. The molecule has 0 saturated heterocycles. The van der Waals surface area contributed by atoms with Crippen LogP contribution in [-0.2, 0) is 11.2 Å². The standard InChI is InChI=1S/C30H30NO2/c1-16(2)10-19-14-24-22-12-17(3)6-7-21(22)23-13-18(4)11-20-8-9-31-28(26(20)23)27(24)25(15-19)29(33-5)30(31)32/h6-9,11-16,29-30,32H,10H2,1-5H3/q+1/t29-,30-/m0/s1. The smallest absolute Gasteiger partial charge is 0.291 e. The number of hydrogen-bond acceptors (Lipinski definition) is 2. The number of benzene rings is 3. The van der Waals surface area contributed by atoms with Crippen molar-refractivity contribution in [2.45, 2.75) is 46.4 Å². The van der Waals surface area contributed by atoms with Gasteiger partial charge in [-0.25, -0.2) is 0 Å². The molecule has 2 heterocycles. The fraction of sp³-hybridized carbons (Fsp3) is 0.300. The lowest BCUT2D eigenvalue weighted by atomic mass is 9.84. The minimum absolute atomic E-state index is 0.416. The van der Waals surface area contributed by atoms with Gasteiger partial charge >= 0.3 is 0 Å². The predicted molar refractivity (Wildman–Crippen MR) is 133 cm³/mol. The van der Waals surface area contributed by atoms with Crippen LogP contribution in [0.2, 0.25) is 0 Å². The van der Waals surface area contributed by atoms with Crippen LogP contribution in [0.5, 0.6) is 0 Å². The molecule has 6 rings (SSSR count). The number of aromatic nitrogens is 1. The number of aliphatic hydroxyl groups excluding tert-OH is 1. The molecule has 2 atom stereocenters. The van der Waals surface area contributed by atoms with Gasteiger partial charge in [0.15, 0.2) is 12.3 Å². The minimum atomic E-state index is -0.777. The van der Waals surface area contributed by atoms with Crippen molar-refractivity contribution >= 4 is 10.8 Å². The molecule has 3 nitrogen and oxygen atoms in total. The van der Waals surface area contributed by atoms with Gasteiger partial charge in [0, 0.05) is 18.7 Å². The second-order valence-corrected chi connectivity index (χ2v) is 10.2. The first-order chi connectivity index (χ1) is 15.9. The summed E-state index contributed by atoms with van der Waals surface area (Å²) in [5.74, 6) is 0.542. The molecule has 1 aromatic heterocycles. The van der Waals surface area contributed by atoms with E-state index in [1.54, 1.807) is 7.11 Å². The highest BCUT2D eigenvalue weighted by molar-refractivity contribution is 6.12. The van der Waals surface area contributed by atoms with E-state index in [1.807, 2.05) is 10.8 Å². The van der Waals surface area contributed by atoms with Gasteiger partial charge in [-0.1, -0.05) is 61.9 Å². The molecular formula is C30H30NO2+. The van der Waals surface area contributed by atoms with Crippen molar-refractivity contribution in [2.75, 3.05) is 7.11 Å². The van der Waals surface area contributed by atoms with Gasteiger partial charge < -0.3 is 9.84 Å². The molecule has 0 spiro atoms. The van der Waals surface area contributed by atoms with E-state index in [2.05, 4.69) is 76.2 Å². The van der Waals surface area contributed by atoms with Gasteiger partial charge in [0.2, 0.25) is 5.69 Å². The van der Waals surface area contributed by atoms with Crippen LogP contribution in [0.15, 0.2) is 54.7 Å². The van der Waals surface area contributed by atoms with E-state index in [0.717, 1.165) is 17.7 Å². The summed E-state index contributed by atoms with van der Waals surface area (Å²) in [5, 5.41) is 13.9. The normalized spacial score (nSPS) is 17.9. The lowest BCUT2D eigenvalue weighted by molar-refractivity contribution is -0.761.